The van der Waals surface area contributed by atoms with Gasteiger partial charge in [-0.3, -0.25) is 9.78 Å². The van der Waals surface area contributed by atoms with Gasteiger partial charge < -0.3 is 10.1 Å². The maximum atomic E-state index is 12.0. The first kappa shape index (κ1) is 12.7. The quantitative estimate of drug-likeness (QED) is 0.930. The van der Waals surface area contributed by atoms with Crippen LogP contribution < -0.4 is 10.1 Å². The van der Waals surface area contributed by atoms with Gasteiger partial charge in [0.1, 0.15) is 5.75 Å². The predicted molar refractivity (Wildman–Crippen MR) is 76.9 cm³/mol. The molecule has 0 fully saturated rings. The van der Waals surface area contributed by atoms with Gasteiger partial charge >= 0.3 is 0 Å². The zero-order valence-electron chi connectivity index (χ0n) is 11.3. The minimum atomic E-state index is -0.0190. The summed E-state index contributed by atoms with van der Waals surface area (Å²) < 4.78 is 5.46. The molecule has 0 aliphatic carbocycles. The first-order valence-corrected chi connectivity index (χ1v) is 6.68. The lowest BCUT2D eigenvalue weighted by molar-refractivity contribution is -0.115. The highest BCUT2D eigenvalue weighted by molar-refractivity contribution is 5.92. The van der Waals surface area contributed by atoms with E-state index in [1.165, 1.54) is 5.56 Å². The fraction of sp³-hybridized carbons (Fsp3) is 0.250. The molecule has 4 heteroatoms. The summed E-state index contributed by atoms with van der Waals surface area (Å²) in [6.45, 7) is 2.64. The monoisotopic (exact) mass is 268 g/mol. The lowest BCUT2D eigenvalue weighted by atomic mass is 10.1. The second kappa shape index (κ2) is 5.33. The lowest BCUT2D eigenvalue weighted by Crippen LogP contribution is -2.14. The number of fused-ring (bicyclic) bond motifs is 1. The molecule has 0 radical (unpaired) electrons. The lowest BCUT2D eigenvalue weighted by Gasteiger charge is -2.07. The van der Waals surface area contributed by atoms with Crippen LogP contribution in [0.15, 0.2) is 36.5 Å². The molecule has 102 valence electrons. The standard InChI is InChI=1S/C16H16N2O2/c1-11-8-14(4-6-17-11)18-16(19)10-12-2-3-15-13(9-12)5-7-20-15/h2-4,6,8-9H,5,7,10H2,1H3,(H,17,18,19). The number of nitrogens with zero attached hydrogens (tertiary/aromatic N) is 1. The number of anilines is 1. The van der Waals surface area contributed by atoms with E-state index in [-0.39, 0.29) is 5.91 Å². The van der Waals surface area contributed by atoms with E-state index in [1.807, 2.05) is 25.1 Å². The number of benzene rings is 1. The molecule has 0 unspecified atom stereocenters. The molecule has 0 saturated heterocycles. The zero-order valence-corrected chi connectivity index (χ0v) is 11.3. The van der Waals surface area contributed by atoms with E-state index >= 15 is 0 Å². The average Bonchev–Trinajstić information content (AvgIpc) is 2.86. The Hall–Kier alpha value is -2.36. The summed E-state index contributed by atoms with van der Waals surface area (Å²) in [6.07, 6.45) is 2.99. The van der Waals surface area contributed by atoms with Gasteiger partial charge in [-0.2, -0.15) is 0 Å². The number of carbonyl (C=O) groups is 1. The van der Waals surface area contributed by atoms with Crippen molar-refractivity contribution in [3.8, 4) is 5.75 Å². The van der Waals surface area contributed by atoms with Crippen molar-refractivity contribution in [1.29, 1.82) is 0 Å². The minimum absolute atomic E-state index is 0.0190. The molecule has 3 rings (SSSR count). The maximum Gasteiger partial charge on any atom is 0.228 e. The minimum Gasteiger partial charge on any atom is -0.493 e. The van der Waals surface area contributed by atoms with Gasteiger partial charge in [-0.05, 0) is 36.2 Å². The molecule has 1 aliphatic rings. The van der Waals surface area contributed by atoms with Crippen LogP contribution >= 0.6 is 0 Å². The van der Waals surface area contributed by atoms with Crippen LogP contribution in [-0.2, 0) is 17.6 Å². The van der Waals surface area contributed by atoms with E-state index in [0.717, 1.165) is 35.7 Å². The van der Waals surface area contributed by atoms with E-state index in [4.69, 9.17) is 4.74 Å². The summed E-state index contributed by atoms with van der Waals surface area (Å²) in [5.74, 6) is 0.924. The summed E-state index contributed by atoms with van der Waals surface area (Å²) in [5, 5.41) is 2.89. The first-order chi connectivity index (χ1) is 9.70. The van der Waals surface area contributed by atoms with Crippen LogP contribution in [-0.4, -0.2) is 17.5 Å². The number of aromatic nitrogens is 1. The van der Waals surface area contributed by atoms with Crippen molar-refractivity contribution in [2.24, 2.45) is 0 Å². The molecular formula is C16H16N2O2. The number of hydrogen-bond acceptors (Lipinski definition) is 3. The number of rotatable bonds is 3. The largest absolute Gasteiger partial charge is 0.493 e. The molecule has 2 heterocycles. The first-order valence-electron chi connectivity index (χ1n) is 6.68. The predicted octanol–water partition coefficient (Wildman–Crippen LogP) is 2.51. The Labute approximate surface area is 117 Å². The van der Waals surface area contributed by atoms with E-state index in [2.05, 4.69) is 16.4 Å². The Bertz CT molecular complexity index is 653. The second-order valence-electron chi connectivity index (χ2n) is 4.95. The van der Waals surface area contributed by atoms with Crippen LogP contribution in [0.3, 0.4) is 0 Å². The molecule has 1 N–H and O–H groups in total. The van der Waals surface area contributed by atoms with Crippen LogP contribution in [0.4, 0.5) is 5.69 Å². The topological polar surface area (TPSA) is 51.2 Å². The molecule has 1 aromatic heterocycles. The number of aryl methyl sites for hydroxylation is 1. The third kappa shape index (κ3) is 2.79. The smallest absolute Gasteiger partial charge is 0.228 e. The van der Waals surface area contributed by atoms with Gasteiger partial charge in [0.25, 0.3) is 0 Å². The van der Waals surface area contributed by atoms with Crippen LogP contribution in [0.1, 0.15) is 16.8 Å². The van der Waals surface area contributed by atoms with Crippen LogP contribution in [0.2, 0.25) is 0 Å². The molecule has 4 nitrogen and oxygen atoms in total. The Balaban J connectivity index is 1.67. The van der Waals surface area contributed by atoms with Crippen molar-refractivity contribution in [2.45, 2.75) is 19.8 Å². The number of nitrogens with one attached hydrogen (secondary N) is 1. The molecule has 2 aromatic rings. The number of amides is 1. The zero-order chi connectivity index (χ0) is 13.9. The maximum absolute atomic E-state index is 12.0. The molecule has 0 spiro atoms. The van der Waals surface area contributed by atoms with Gasteiger partial charge in [0.05, 0.1) is 13.0 Å². The highest BCUT2D eigenvalue weighted by atomic mass is 16.5. The number of pyridine rings is 1. The Morgan fingerprint density at radius 2 is 2.25 bits per heavy atom. The number of carbonyl (C=O) groups excluding carboxylic acids is 1. The number of ether oxygens (including phenoxy) is 1. The fourth-order valence-corrected chi connectivity index (χ4v) is 2.36. The Morgan fingerprint density at radius 3 is 3.10 bits per heavy atom. The molecule has 1 aromatic carbocycles. The van der Waals surface area contributed by atoms with Gasteiger partial charge in [-0.1, -0.05) is 12.1 Å². The summed E-state index contributed by atoms with van der Waals surface area (Å²) in [6, 6.07) is 9.60. The highest BCUT2D eigenvalue weighted by Crippen LogP contribution is 2.26. The second-order valence-corrected chi connectivity index (χ2v) is 4.95. The average molecular weight is 268 g/mol. The van der Waals surface area contributed by atoms with Crippen molar-refractivity contribution < 1.29 is 9.53 Å². The van der Waals surface area contributed by atoms with Crippen molar-refractivity contribution >= 4 is 11.6 Å². The molecule has 0 bridgehead atoms. The normalized spacial score (nSPS) is 12.7. The summed E-state index contributed by atoms with van der Waals surface area (Å²) in [4.78, 5) is 16.1. The van der Waals surface area contributed by atoms with Crippen LogP contribution in [0, 0.1) is 6.92 Å². The molecule has 0 saturated carbocycles. The molecule has 1 amide bonds. The van der Waals surface area contributed by atoms with E-state index in [0.29, 0.717) is 6.42 Å². The van der Waals surface area contributed by atoms with Gasteiger partial charge in [0.15, 0.2) is 0 Å². The summed E-state index contributed by atoms with van der Waals surface area (Å²) in [7, 11) is 0. The third-order valence-electron chi connectivity index (χ3n) is 3.30. The van der Waals surface area contributed by atoms with Crippen molar-refractivity contribution in [2.75, 3.05) is 11.9 Å². The summed E-state index contributed by atoms with van der Waals surface area (Å²) >= 11 is 0. The van der Waals surface area contributed by atoms with Crippen molar-refractivity contribution in [3.05, 3.63) is 53.3 Å². The summed E-state index contributed by atoms with van der Waals surface area (Å²) in [5.41, 5.74) is 3.87. The van der Waals surface area contributed by atoms with Crippen molar-refractivity contribution in [3.63, 3.8) is 0 Å². The SMILES string of the molecule is Cc1cc(NC(=O)Cc2ccc3c(c2)CCO3)ccn1. The van der Waals surface area contributed by atoms with Gasteiger partial charge in [0, 0.05) is 24.0 Å². The Kier molecular flexibility index (Phi) is 3.37. The third-order valence-corrected chi connectivity index (χ3v) is 3.30. The van der Waals surface area contributed by atoms with E-state index in [9.17, 15) is 4.79 Å². The highest BCUT2D eigenvalue weighted by Gasteiger charge is 2.13. The molecule has 0 atom stereocenters. The van der Waals surface area contributed by atoms with E-state index in [1.54, 1.807) is 12.3 Å². The van der Waals surface area contributed by atoms with Gasteiger partial charge in [0.2, 0.25) is 5.91 Å². The van der Waals surface area contributed by atoms with Gasteiger partial charge in [-0.25, -0.2) is 0 Å². The Morgan fingerprint density at radius 1 is 1.35 bits per heavy atom. The van der Waals surface area contributed by atoms with Crippen molar-refractivity contribution in [1.82, 2.24) is 4.98 Å². The van der Waals surface area contributed by atoms with Crippen LogP contribution in [0.5, 0.6) is 5.75 Å². The number of hydrogen-bond donors (Lipinski definition) is 1. The molecule has 20 heavy (non-hydrogen) atoms. The van der Waals surface area contributed by atoms with Crippen LogP contribution in [0.25, 0.3) is 0 Å². The van der Waals surface area contributed by atoms with Gasteiger partial charge in [-0.15, -0.1) is 0 Å². The van der Waals surface area contributed by atoms with E-state index < -0.39 is 0 Å². The molecule has 1 aliphatic heterocycles. The molecular weight excluding hydrogens is 252 g/mol. The fourth-order valence-electron chi connectivity index (χ4n) is 2.36.